The summed E-state index contributed by atoms with van der Waals surface area (Å²) < 4.78 is 0. The number of urea groups is 1. The van der Waals surface area contributed by atoms with Crippen molar-refractivity contribution in [2.24, 2.45) is 5.73 Å². The van der Waals surface area contributed by atoms with Crippen molar-refractivity contribution in [2.45, 2.75) is 32.1 Å². The van der Waals surface area contributed by atoms with Gasteiger partial charge in [-0.25, -0.2) is 4.79 Å². The topological polar surface area (TPSA) is 84.2 Å². The van der Waals surface area contributed by atoms with Gasteiger partial charge in [0.25, 0.3) is 0 Å². The molecule has 0 spiro atoms. The van der Waals surface area contributed by atoms with Crippen LogP contribution in [0.1, 0.15) is 32.1 Å². The maximum absolute atomic E-state index is 11.0. The van der Waals surface area contributed by atoms with E-state index in [2.05, 4.69) is 11.4 Å². The molecule has 0 atom stereocenters. The Morgan fingerprint density at radius 3 is 2.81 bits per heavy atom. The van der Waals surface area contributed by atoms with Crippen molar-refractivity contribution < 1.29 is 9.59 Å². The monoisotopic (exact) mass is 225 g/mol. The number of nitrogens with two attached hydrogens (primary N) is 1. The van der Waals surface area contributed by atoms with Gasteiger partial charge in [-0.3, -0.25) is 10.1 Å². The molecule has 0 radical (unpaired) electrons. The summed E-state index contributed by atoms with van der Waals surface area (Å²) in [5, 5.41) is 4.98. The molecule has 0 aromatic rings. The minimum atomic E-state index is -0.804. The number of carbonyl (C=O) groups is 2. The number of rotatable bonds is 5. The van der Waals surface area contributed by atoms with E-state index in [1.807, 2.05) is 5.32 Å². The second kappa shape index (κ2) is 7.00. The van der Waals surface area contributed by atoms with Crippen LogP contribution in [0.3, 0.4) is 0 Å². The van der Waals surface area contributed by atoms with Crippen molar-refractivity contribution >= 4 is 11.9 Å². The van der Waals surface area contributed by atoms with Crippen molar-refractivity contribution in [3.05, 3.63) is 11.6 Å². The first-order valence-electron chi connectivity index (χ1n) is 5.66. The molecular weight excluding hydrogens is 206 g/mol. The lowest BCUT2D eigenvalue weighted by atomic mass is 9.97. The van der Waals surface area contributed by atoms with Gasteiger partial charge >= 0.3 is 6.03 Å². The van der Waals surface area contributed by atoms with Crippen LogP contribution in [0.4, 0.5) is 4.79 Å². The fourth-order valence-electron chi connectivity index (χ4n) is 1.76. The molecule has 1 aliphatic carbocycles. The van der Waals surface area contributed by atoms with E-state index in [1.54, 1.807) is 0 Å². The summed E-state index contributed by atoms with van der Waals surface area (Å²) in [5.74, 6) is -0.384. The third-order valence-electron chi connectivity index (χ3n) is 2.56. The zero-order valence-electron chi connectivity index (χ0n) is 9.42. The van der Waals surface area contributed by atoms with Crippen molar-refractivity contribution in [2.75, 3.05) is 13.1 Å². The van der Waals surface area contributed by atoms with Gasteiger partial charge in [-0.2, -0.15) is 0 Å². The molecule has 0 aliphatic heterocycles. The van der Waals surface area contributed by atoms with E-state index in [0.29, 0.717) is 0 Å². The Balaban J connectivity index is 2.05. The molecule has 5 heteroatoms. The molecule has 1 aliphatic rings. The molecule has 0 aromatic heterocycles. The number of hydrogen-bond donors (Lipinski definition) is 3. The van der Waals surface area contributed by atoms with Crippen molar-refractivity contribution in [1.29, 1.82) is 0 Å². The SMILES string of the molecule is NC(=O)NC(=O)CNCCC1=CCCCC1. The summed E-state index contributed by atoms with van der Waals surface area (Å²) in [7, 11) is 0. The molecular formula is C11H19N3O2. The number of hydrogen-bond acceptors (Lipinski definition) is 3. The smallest absolute Gasteiger partial charge is 0.318 e. The Bertz CT molecular complexity index is 287. The fourth-order valence-corrected chi connectivity index (χ4v) is 1.76. The van der Waals surface area contributed by atoms with Gasteiger partial charge in [0.2, 0.25) is 5.91 Å². The van der Waals surface area contributed by atoms with Crippen LogP contribution >= 0.6 is 0 Å². The Labute approximate surface area is 95.5 Å². The minimum absolute atomic E-state index is 0.135. The molecule has 5 nitrogen and oxygen atoms in total. The van der Waals surface area contributed by atoms with Gasteiger partial charge in [-0.05, 0) is 38.6 Å². The second-order valence-corrected chi connectivity index (χ2v) is 3.95. The number of allylic oxidation sites excluding steroid dienone is 1. The van der Waals surface area contributed by atoms with Gasteiger partial charge in [0.1, 0.15) is 0 Å². The van der Waals surface area contributed by atoms with Crippen LogP contribution in [0.5, 0.6) is 0 Å². The Morgan fingerprint density at radius 2 is 2.19 bits per heavy atom. The minimum Gasteiger partial charge on any atom is -0.351 e. The highest BCUT2D eigenvalue weighted by Crippen LogP contribution is 2.19. The number of nitrogens with one attached hydrogen (secondary N) is 2. The first-order valence-corrected chi connectivity index (χ1v) is 5.66. The number of imide groups is 1. The van der Waals surface area contributed by atoms with E-state index >= 15 is 0 Å². The number of carbonyl (C=O) groups excluding carboxylic acids is 2. The zero-order chi connectivity index (χ0) is 11.8. The lowest BCUT2D eigenvalue weighted by molar-refractivity contribution is -0.119. The molecule has 0 fully saturated rings. The van der Waals surface area contributed by atoms with Crippen molar-refractivity contribution in [3.63, 3.8) is 0 Å². The maximum atomic E-state index is 11.0. The van der Waals surface area contributed by atoms with Gasteiger partial charge in [0.05, 0.1) is 6.54 Å². The molecule has 1 rings (SSSR count). The summed E-state index contributed by atoms with van der Waals surface area (Å²) in [4.78, 5) is 21.4. The summed E-state index contributed by atoms with van der Waals surface area (Å²) in [6.45, 7) is 0.897. The Morgan fingerprint density at radius 1 is 1.38 bits per heavy atom. The third kappa shape index (κ3) is 5.50. The van der Waals surface area contributed by atoms with E-state index in [4.69, 9.17) is 5.73 Å². The maximum Gasteiger partial charge on any atom is 0.318 e. The second-order valence-electron chi connectivity index (χ2n) is 3.95. The lowest BCUT2D eigenvalue weighted by Crippen LogP contribution is -2.40. The fraction of sp³-hybridized carbons (Fsp3) is 0.636. The standard InChI is InChI=1S/C11H19N3O2/c12-11(16)14-10(15)8-13-7-6-9-4-2-1-3-5-9/h4,13H,1-3,5-8H2,(H3,12,14,15,16). The molecule has 3 amide bonds. The van der Waals surface area contributed by atoms with E-state index in [0.717, 1.165) is 13.0 Å². The van der Waals surface area contributed by atoms with Gasteiger partial charge < -0.3 is 11.1 Å². The number of primary amides is 1. The summed E-state index contributed by atoms with van der Waals surface area (Å²) in [6.07, 6.45) is 8.18. The van der Waals surface area contributed by atoms with Crippen LogP contribution < -0.4 is 16.4 Å². The first-order chi connectivity index (χ1) is 7.68. The Kier molecular flexibility index (Phi) is 5.56. The molecule has 4 N–H and O–H groups in total. The quantitative estimate of drug-likeness (QED) is 0.474. The number of amides is 3. The molecule has 0 bridgehead atoms. The molecule has 0 heterocycles. The van der Waals surface area contributed by atoms with E-state index < -0.39 is 6.03 Å². The highest BCUT2D eigenvalue weighted by atomic mass is 16.2. The normalized spacial score (nSPS) is 15.4. The van der Waals surface area contributed by atoms with E-state index in [-0.39, 0.29) is 12.5 Å². The average molecular weight is 225 g/mol. The van der Waals surface area contributed by atoms with Crippen LogP contribution in [0, 0.1) is 0 Å². The van der Waals surface area contributed by atoms with Crippen LogP contribution in [0.25, 0.3) is 0 Å². The third-order valence-corrected chi connectivity index (χ3v) is 2.56. The first kappa shape index (κ1) is 12.7. The molecule has 0 saturated heterocycles. The van der Waals surface area contributed by atoms with Crippen molar-refractivity contribution in [1.82, 2.24) is 10.6 Å². The van der Waals surface area contributed by atoms with E-state index in [9.17, 15) is 9.59 Å². The van der Waals surface area contributed by atoms with Gasteiger partial charge in [-0.1, -0.05) is 11.6 Å². The lowest BCUT2D eigenvalue weighted by Gasteiger charge is -2.12. The van der Waals surface area contributed by atoms with Crippen LogP contribution in [0.15, 0.2) is 11.6 Å². The van der Waals surface area contributed by atoms with Gasteiger partial charge in [0.15, 0.2) is 0 Å². The molecule has 90 valence electrons. The zero-order valence-corrected chi connectivity index (χ0v) is 9.42. The van der Waals surface area contributed by atoms with Gasteiger partial charge in [0, 0.05) is 0 Å². The van der Waals surface area contributed by atoms with E-state index in [1.165, 1.54) is 31.3 Å². The summed E-state index contributed by atoms with van der Waals surface area (Å²) in [6, 6.07) is -0.804. The van der Waals surface area contributed by atoms with Crippen LogP contribution in [-0.2, 0) is 4.79 Å². The predicted molar refractivity (Wildman–Crippen MR) is 61.8 cm³/mol. The summed E-state index contributed by atoms with van der Waals surface area (Å²) >= 11 is 0. The molecule has 0 unspecified atom stereocenters. The average Bonchev–Trinajstić information content (AvgIpc) is 2.25. The van der Waals surface area contributed by atoms with Crippen LogP contribution in [-0.4, -0.2) is 25.0 Å². The predicted octanol–water partition coefficient (Wildman–Crippen LogP) is 0.661. The Hall–Kier alpha value is -1.36. The highest BCUT2D eigenvalue weighted by molar-refractivity contribution is 5.94. The van der Waals surface area contributed by atoms with Gasteiger partial charge in [-0.15, -0.1) is 0 Å². The van der Waals surface area contributed by atoms with Crippen LogP contribution in [0.2, 0.25) is 0 Å². The highest BCUT2D eigenvalue weighted by Gasteiger charge is 2.05. The largest absolute Gasteiger partial charge is 0.351 e. The summed E-state index contributed by atoms with van der Waals surface area (Å²) in [5.41, 5.74) is 6.27. The molecule has 0 saturated carbocycles. The molecule has 0 aromatic carbocycles. The van der Waals surface area contributed by atoms with Crippen molar-refractivity contribution in [3.8, 4) is 0 Å². The molecule has 16 heavy (non-hydrogen) atoms.